The molecule has 0 radical (unpaired) electrons. The minimum atomic E-state index is -0.0736. The van der Waals surface area contributed by atoms with E-state index in [4.69, 9.17) is 5.84 Å². The zero-order valence-electron chi connectivity index (χ0n) is 8.14. The molecule has 0 aromatic carbocycles. The number of hydrazine groups is 1. The van der Waals surface area contributed by atoms with Gasteiger partial charge in [-0.25, -0.2) is 15.3 Å². The second-order valence-corrected chi connectivity index (χ2v) is 3.59. The summed E-state index contributed by atoms with van der Waals surface area (Å²) in [6.45, 7) is 2.08. The van der Waals surface area contributed by atoms with Crippen molar-refractivity contribution in [1.82, 2.24) is 14.6 Å². The molecular weight excluding hydrogens is 194 g/mol. The second kappa shape index (κ2) is 2.54. The zero-order valence-corrected chi connectivity index (χ0v) is 8.14. The third kappa shape index (κ3) is 0.937. The van der Waals surface area contributed by atoms with Crippen molar-refractivity contribution in [3.63, 3.8) is 0 Å². The van der Waals surface area contributed by atoms with Crippen LogP contribution < -0.4 is 10.9 Å². The Morgan fingerprint density at radius 3 is 3.13 bits per heavy atom. The van der Waals surface area contributed by atoms with E-state index in [1.54, 1.807) is 4.52 Å². The Hall–Kier alpha value is -1.95. The lowest BCUT2D eigenvalue weighted by Crippen LogP contribution is -2.39. The number of carbonyl (C=O) groups is 1. The summed E-state index contributed by atoms with van der Waals surface area (Å²) in [5, 5.41) is 5.52. The van der Waals surface area contributed by atoms with Gasteiger partial charge in [-0.2, -0.15) is 5.10 Å². The molecule has 0 saturated heterocycles. The normalized spacial score (nSPS) is 15.1. The summed E-state index contributed by atoms with van der Waals surface area (Å²) in [4.78, 5) is 15.7. The van der Waals surface area contributed by atoms with E-state index in [2.05, 4.69) is 10.1 Å². The number of rotatable bonds is 0. The lowest BCUT2D eigenvalue weighted by atomic mass is 10.1. The van der Waals surface area contributed by atoms with Gasteiger partial charge in [0, 0.05) is 5.69 Å². The lowest BCUT2D eigenvalue weighted by molar-refractivity contribution is 0.0993. The average molecular weight is 203 g/mol. The molecule has 0 atom stereocenters. The highest BCUT2D eigenvalue weighted by atomic mass is 16.1. The van der Waals surface area contributed by atoms with E-state index in [1.165, 1.54) is 11.3 Å². The molecule has 0 saturated carbocycles. The molecule has 76 valence electrons. The van der Waals surface area contributed by atoms with E-state index in [-0.39, 0.29) is 12.3 Å². The summed E-state index contributed by atoms with van der Waals surface area (Å²) >= 11 is 0. The summed E-state index contributed by atoms with van der Waals surface area (Å²) in [5.74, 6) is 5.68. The van der Waals surface area contributed by atoms with Gasteiger partial charge in [-0.15, -0.1) is 0 Å². The predicted octanol–water partition coefficient (Wildman–Crippen LogP) is -0.0859. The average Bonchev–Trinajstić information content (AvgIpc) is 2.55. The molecule has 3 rings (SSSR count). The highest BCUT2D eigenvalue weighted by molar-refractivity contribution is 6.09. The van der Waals surface area contributed by atoms with Gasteiger partial charge >= 0.3 is 0 Å². The monoisotopic (exact) mass is 203 g/mol. The van der Waals surface area contributed by atoms with Crippen molar-refractivity contribution < 1.29 is 4.79 Å². The van der Waals surface area contributed by atoms with Crippen molar-refractivity contribution in [2.24, 2.45) is 5.84 Å². The number of aromatic nitrogens is 3. The maximum absolute atomic E-state index is 11.7. The summed E-state index contributed by atoms with van der Waals surface area (Å²) in [7, 11) is 0. The fourth-order valence-corrected chi connectivity index (χ4v) is 1.92. The third-order valence-electron chi connectivity index (χ3n) is 2.60. The minimum Gasteiger partial charge on any atom is -0.301 e. The molecule has 1 aliphatic heterocycles. The van der Waals surface area contributed by atoms with Crippen LogP contribution >= 0.6 is 0 Å². The Morgan fingerprint density at radius 2 is 2.33 bits per heavy atom. The van der Waals surface area contributed by atoms with Crippen LogP contribution in [0, 0.1) is 6.92 Å². The van der Waals surface area contributed by atoms with Gasteiger partial charge in [0.15, 0.2) is 0 Å². The molecule has 2 aromatic rings. The van der Waals surface area contributed by atoms with Crippen LogP contribution in [0.5, 0.6) is 0 Å². The number of ketones is 1. The smallest absolute Gasteiger partial charge is 0.204 e. The maximum atomic E-state index is 11.7. The van der Waals surface area contributed by atoms with Gasteiger partial charge in [0.1, 0.15) is 17.5 Å². The van der Waals surface area contributed by atoms with Gasteiger partial charge in [0.05, 0.1) is 12.2 Å². The fraction of sp³-hybridized carbons (Fsp3) is 0.222. The SMILES string of the molecule is Cc1cc2c3c(ncnn13)C(=O)CN2N. The molecule has 0 aliphatic carbocycles. The number of Topliss-reactive ketones (excluding diaryl/α,β-unsaturated/α-hetero) is 1. The first-order valence-electron chi connectivity index (χ1n) is 4.57. The molecule has 0 amide bonds. The number of hydrogen-bond acceptors (Lipinski definition) is 5. The Kier molecular flexibility index (Phi) is 1.42. The van der Waals surface area contributed by atoms with Gasteiger partial charge in [-0.1, -0.05) is 0 Å². The highest BCUT2D eigenvalue weighted by Crippen LogP contribution is 2.28. The van der Waals surface area contributed by atoms with Crippen molar-refractivity contribution in [3.05, 3.63) is 23.8 Å². The molecule has 1 aliphatic rings. The molecule has 6 nitrogen and oxygen atoms in total. The highest BCUT2D eigenvalue weighted by Gasteiger charge is 2.26. The van der Waals surface area contributed by atoms with Crippen LogP contribution in [0.4, 0.5) is 5.69 Å². The van der Waals surface area contributed by atoms with E-state index in [0.717, 1.165) is 11.4 Å². The van der Waals surface area contributed by atoms with Crippen LogP contribution in [0.2, 0.25) is 0 Å². The second-order valence-electron chi connectivity index (χ2n) is 3.59. The molecule has 0 bridgehead atoms. The molecular formula is C9H9N5O. The molecule has 0 unspecified atom stereocenters. The van der Waals surface area contributed by atoms with E-state index >= 15 is 0 Å². The number of anilines is 1. The van der Waals surface area contributed by atoms with Crippen LogP contribution in [0.1, 0.15) is 16.2 Å². The van der Waals surface area contributed by atoms with Crippen molar-refractivity contribution in [1.29, 1.82) is 0 Å². The van der Waals surface area contributed by atoms with E-state index in [9.17, 15) is 4.79 Å². The Bertz CT molecular complexity index is 573. The van der Waals surface area contributed by atoms with Gasteiger partial charge in [0.25, 0.3) is 0 Å². The van der Waals surface area contributed by atoms with Crippen LogP contribution in [-0.2, 0) is 0 Å². The zero-order chi connectivity index (χ0) is 10.6. The van der Waals surface area contributed by atoms with Crippen molar-refractivity contribution in [3.8, 4) is 0 Å². The summed E-state index contributed by atoms with van der Waals surface area (Å²) in [6.07, 6.45) is 1.39. The van der Waals surface area contributed by atoms with Crippen LogP contribution in [-0.4, -0.2) is 26.9 Å². The Balaban J connectivity index is 2.51. The number of aryl methyl sites for hydroxylation is 1. The minimum absolute atomic E-state index is 0.0736. The molecule has 6 heteroatoms. The topological polar surface area (TPSA) is 76.5 Å². The van der Waals surface area contributed by atoms with Crippen molar-refractivity contribution in [2.75, 3.05) is 11.6 Å². The van der Waals surface area contributed by atoms with Crippen LogP contribution in [0.25, 0.3) is 5.52 Å². The lowest BCUT2D eigenvalue weighted by Gasteiger charge is -2.21. The van der Waals surface area contributed by atoms with Crippen molar-refractivity contribution in [2.45, 2.75) is 6.92 Å². The standard InChI is InChI=1S/C9H9N5O/c1-5-2-6-9-8(7(15)3-13(6)10)11-4-12-14(5)9/h2,4H,3,10H2,1H3. The van der Waals surface area contributed by atoms with E-state index in [0.29, 0.717) is 11.2 Å². The summed E-state index contributed by atoms with van der Waals surface area (Å²) in [6, 6.07) is 1.90. The molecule has 2 N–H and O–H groups in total. The van der Waals surface area contributed by atoms with Crippen molar-refractivity contribution >= 4 is 17.0 Å². The van der Waals surface area contributed by atoms with E-state index in [1.807, 2.05) is 13.0 Å². The third-order valence-corrected chi connectivity index (χ3v) is 2.60. The quantitative estimate of drug-likeness (QED) is 0.606. The van der Waals surface area contributed by atoms with Gasteiger partial charge in [0.2, 0.25) is 5.78 Å². The fourth-order valence-electron chi connectivity index (χ4n) is 1.92. The first kappa shape index (κ1) is 8.37. The molecule has 3 heterocycles. The van der Waals surface area contributed by atoms with E-state index < -0.39 is 0 Å². The number of carbonyl (C=O) groups excluding carboxylic acids is 1. The molecule has 0 fully saturated rings. The summed E-state index contributed by atoms with van der Waals surface area (Å²) < 4.78 is 1.69. The Labute approximate surface area is 85.3 Å². The molecule has 15 heavy (non-hydrogen) atoms. The maximum Gasteiger partial charge on any atom is 0.204 e. The molecule has 2 aromatic heterocycles. The number of hydrogen-bond donors (Lipinski definition) is 1. The van der Waals surface area contributed by atoms with Gasteiger partial charge in [-0.3, -0.25) is 4.79 Å². The largest absolute Gasteiger partial charge is 0.301 e. The summed E-state index contributed by atoms with van der Waals surface area (Å²) in [5.41, 5.74) is 2.90. The molecule has 0 spiro atoms. The first-order chi connectivity index (χ1) is 7.18. The number of nitrogens with zero attached hydrogens (tertiary/aromatic N) is 4. The first-order valence-corrected chi connectivity index (χ1v) is 4.57. The predicted molar refractivity (Wildman–Crippen MR) is 53.6 cm³/mol. The Morgan fingerprint density at radius 1 is 1.53 bits per heavy atom. The van der Waals surface area contributed by atoms with Crippen LogP contribution in [0.15, 0.2) is 12.4 Å². The van der Waals surface area contributed by atoms with Gasteiger partial charge in [-0.05, 0) is 13.0 Å². The number of nitrogens with two attached hydrogens (primary N) is 1. The van der Waals surface area contributed by atoms with Crippen LogP contribution in [0.3, 0.4) is 0 Å². The van der Waals surface area contributed by atoms with Gasteiger partial charge < -0.3 is 5.01 Å².